The number of carbonyl (C=O) groups excluding carboxylic acids is 11. The van der Waals surface area contributed by atoms with Crippen LogP contribution in [0.3, 0.4) is 0 Å². The molecule has 3 rings (SSSR count). The van der Waals surface area contributed by atoms with Crippen molar-refractivity contribution < 1.29 is 129 Å². The molecular weight excluding hydrogens is 1220 g/mol. The molecule has 518 valence electrons. The van der Waals surface area contributed by atoms with E-state index in [1.807, 2.05) is 0 Å². The summed E-state index contributed by atoms with van der Waals surface area (Å²) in [5.74, 6) is -7.68. The number of aliphatic carboxylic acids is 1. The molecule has 32 nitrogen and oxygen atoms in total. The number of hydrogen-bond donors (Lipinski definition) is 6. The maximum atomic E-state index is 13.5. The lowest BCUT2D eigenvalue weighted by Crippen LogP contribution is -2.66. The maximum Gasteiger partial charge on any atom is 0.303 e. The second-order valence-electron chi connectivity index (χ2n) is 21.2. The number of anilines is 1. The number of unbranched alkanes of at least 4 members (excludes halogenated alkanes) is 7. The zero-order valence-corrected chi connectivity index (χ0v) is 53.5. The quantitative estimate of drug-likeness (QED) is 0.0306. The Kier molecular flexibility index (Phi) is 37.8. The third-order valence-electron chi connectivity index (χ3n) is 13.3. The van der Waals surface area contributed by atoms with Crippen LogP contribution < -0.4 is 26.6 Å². The molecule has 32 heteroatoms. The number of carbonyl (C=O) groups is 12. The first-order chi connectivity index (χ1) is 43.8. The number of amides is 5. The number of carboxylic acids is 1. The maximum absolute atomic E-state index is 13.5. The van der Waals surface area contributed by atoms with Crippen molar-refractivity contribution in [3.8, 4) is 0 Å². The molecule has 0 aliphatic carbocycles. The normalized spacial score (nSPS) is 20.9. The fraction of sp³-hybridized carbons (Fsp3) is 0.700. The average Bonchev–Trinajstić information content (AvgIpc) is 0.813. The van der Waals surface area contributed by atoms with Crippen molar-refractivity contribution in [3.63, 3.8) is 0 Å². The molecule has 2 fully saturated rings. The van der Waals surface area contributed by atoms with Crippen LogP contribution in [0.25, 0.3) is 0 Å². The number of ether oxygens (including phenoxy) is 14. The molecule has 0 radical (unpaired) electrons. The molecule has 92 heavy (non-hydrogen) atoms. The van der Waals surface area contributed by atoms with Gasteiger partial charge in [-0.3, -0.25) is 57.5 Å². The van der Waals surface area contributed by atoms with Gasteiger partial charge in [0.25, 0.3) is 11.8 Å². The van der Waals surface area contributed by atoms with Crippen molar-refractivity contribution in [3.05, 3.63) is 29.3 Å². The van der Waals surface area contributed by atoms with Gasteiger partial charge < -0.3 is 98.0 Å². The van der Waals surface area contributed by atoms with Crippen molar-refractivity contribution in [2.75, 3.05) is 97.7 Å². The SMILES string of the molecule is CC(=O)N[C@H]1C(OCCOCCOCCNC(=O)c2cc(NC(=O)CCCCCCCCCCC(=O)O)cc(C(=O)NCCOCCOCCOC3O[C@H](COC(C)=O)[C@H](OC(C)=O)[C@H](OC(C)=O)[C@H]3NC(C)=O)c2)O[C@H](COC(C)=O)[C@H](OC(C)=O)[C@@H]1OC(C)=O. The predicted molar refractivity (Wildman–Crippen MR) is 317 cm³/mol. The molecule has 10 atom stereocenters. The summed E-state index contributed by atoms with van der Waals surface area (Å²) >= 11 is 0. The van der Waals surface area contributed by atoms with E-state index in [1.54, 1.807) is 0 Å². The van der Waals surface area contributed by atoms with E-state index in [9.17, 15) is 57.5 Å². The van der Waals surface area contributed by atoms with Gasteiger partial charge in [0.15, 0.2) is 37.0 Å². The molecule has 0 aromatic heterocycles. The standard InChI is InChI=1S/C60H91N5O27/c1-36(66)63-51-55(89-42(7)72)53(87-40(5)70)47(34-85-38(3)68)91-59(51)83-29-27-81-25-23-79-21-19-61-57(77)44-31-45(33-46(32-44)65-49(74)17-15-13-11-9-10-12-14-16-18-50(75)76)58(78)62-20-22-80-24-26-82-28-30-84-60-52(64-37(2)67)56(90-43(8)73)54(88-41(6)71)48(92-60)35-86-39(4)69/h31-33,47-48,51-56,59-60H,9-30,34-35H2,1-8H3,(H,61,77)(H,62,78)(H,63,66)(H,64,67)(H,65,74)(H,75,76)/t47-,48-,51-,52-,53+,54+,55-,56-,59?,60?/m1/s1. The zero-order chi connectivity index (χ0) is 68.0. The largest absolute Gasteiger partial charge is 0.481 e. The highest BCUT2D eigenvalue weighted by Gasteiger charge is 2.53. The number of rotatable bonds is 44. The molecule has 5 amide bonds. The van der Waals surface area contributed by atoms with E-state index in [0.717, 1.165) is 80.1 Å². The molecule has 1 aromatic rings. The average molecular weight is 1310 g/mol. The molecule has 2 saturated heterocycles. The van der Waals surface area contributed by atoms with Gasteiger partial charge >= 0.3 is 41.8 Å². The van der Waals surface area contributed by atoms with Gasteiger partial charge in [0.1, 0.15) is 37.5 Å². The predicted octanol–water partition coefficient (Wildman–Crippen LogP) is 1.48. The summed E-state index contributed by atoms with van der Waals surface area (Å²) in [5, 5.41) is 22.3. The summed E-state index contributed by atoms with van der Waals surface area (Å²) in [7, 11) is 0. The van der Waals surface area contributed by atoms with Crippen LogP contribution in [0.4, 0.5) is 5.69 Å². The first kappa shape index (κ1) is 78.8. The summed E-state index contributed by atoms with van der Waals surface area (Å²) in [6, 6.07) is 1.94. The minimum atomic E-state index is -1.29. The van der Waals surface area contributed by atoms with Crippen LogP contribution in [-0.4, -0.2) is 230 Å². The van der Waals surface area contributed by atoms with Gasteiger partial charge in [-0.15, -0.1) is 0 Å². The Balaban J connectivity index is 1.53. The van der Waals surface area contributed by atoms with Crippen LogP contribution in [0.15, 0.2) is 18.2 Å². The van der Waals surface area contributed by atoms with Gasteiger partial charge in [-0.25, -0.2) is 0 Å². The lowest BCUT2D eigenvalue weighted by atomic mass is 9.96. The number of nitrogens with one attached hydrogen (secondary N) is 5. The molecular formula is C60H91N5O27. The van der Waals surface area contributed by atoms with Gasteiger partial charge in [-0.2, -0.15) is 0 Å². The first-order valence-electron chi connectivity index (χ1n) is 30.4. The smallest absolute Gasteiger partial charge is 0.303 e. The Morgan fingerprint density at radius 1 is 0.424 bits per heavy atom. The van der Waals surface area contributed by atoms with E-state index in [-0.39, 0.29) is 115 Å². The highest BCUT2D eigenvalue weighted by molar-refractivity contribution is 6.02. The Hall–Kier alpha value is -7.46. The van der Waals surface area contributed by atoms with E-state index >= 15 is 0 Å². The molecule has 2 aliphatic heterocycles. The molecule has 2 aliphatic rings. The molecule has 0 spiro atoms. The summed E-state index contributed by atoms with van der Waals surface area (Å²) < 4.78 is 78.2. The van der Waals surface area contributed by atoms with Crippen molar-refractivity contribution in [1.82, 2.24) is 21.3 Å². The minimum absolute atomic E-state index is 0.00573. The number of carboxylic acid groups (broad SMARTS) is 1. The lowest BCUT2D eigenvalue weighted by molar-refractivity contribution is -0.279. The van der Waals surface area contributed by atoms with Crippen molar-refractivity contribution in [1.29, 1.82) is 0 Å². The third kappa shape index (κ3) is 32.7. The Labute approximate surface area is 533 Å². The highest BCUT2D eigenvalue weighted by atomic mass is 16.7. The van der Waals surface area contributed by atoms with Crippen LogP contribution in [0.5, 0.6) is 0 Å². The number of benzene rings is 1. The van der Waals surface area contributed by atoms with E-state index in [0.29, 0.717) is 12.8 Å². The van der Waals surface area contributed by atoms with E-state index in [2.05, 4.69) is 26.6 Å². The highest BCUT2D eigenvalue weighted by Crippen LogP contribution is 2.30. The molecule has 0 bridgehead atoms. The van der Waals surface area contributed by atoms with Crippen LogP contribution in [0.2, 0.25) is 0 Å². The number of esters is 6. The summed E-state index contributed by atoms with van der Waals surface area (Å²) in [5.41, 5.74) is 0.340. The van der Waals surface area contributed by atoms with E-state index in [4.69, 9.17) is 71.4 Å². The van der Waals surface area contributed by atoms with E-state index < -0.39 is 140 Å². The van der Waals surface area contributed by atoms with Crippen molar-refractivity contribution in [2.24, 2.45) is 0 Å². The van der Waals surface area contributed by atoms with E-state index in [1.165, 1.54) is 32.0 Å². The van der Waals surface area contributed by atoms with Gasteiger partial charge in [-0.05, 0) is 31.0 Å². The fourth-order valence-corrected chi connectivity index (χ4v) is 9.44. The van der Waals surface area contributed by atoms with Crippen LogP contribution >= 0.6 is 0 Å². The Morgan fingerprint density at radius 3 is 1.13 bits per heavy atom. The van der Waals surface area contributed by atoms with Crippen LogP contribution in [0.1, 0.15) is 140 Å². The molecule has 0 saturated carbocycles. The monoisotopic (exact) mass is 1310 g/mol. The van der Waals surface area contributed by atoms with Crippen LogP contribution in [0, 0.1) is 0 Å². The van der Waals surface area contributed by atoms with Gasteiger partial charge in [0.05, 0.1) is 66.1 Å². The first-order valence-corrected chi connectivity index (χ1v) is 30.4. The molecule has 6 N–H and O–H groups in total. The zero-order valence-electron chi connectivity index (χ0n) is 53.5. The van der Waals surface area contributed by atoms with Gasteiger partial charge in [0, 0.05) is 98.1 Å². The second kappa shape index (κ2) is 44.1. The third-order valence-corrected chi connectivity index (χ3v) is 13.3. The summed E-state index contributed by atoms with van der Waals surface area (Å²) in [6.07, 6.45) is -3.02. The number of hydrogen-bond acceptors (Lipinski definition) is 26. The Bertz CT molecular complexity index is 2410. The Morgan fingerprint density at radius 2 is 0.772 bits per heavy atom. The van der Waals surface area contributed by atoms with Crippen molar-refractivity contribution >= 4 is 77.0 Å². The van der Waals surface area contributed by atoms with Gasteiger partial charge in [0.2, 0.25) is 17.7 Å². The molecule has 2 heterocycles. The molecule has 2 unspecified atom stereocenters. The van der Waals surface area contributed by atoms with Gasteiger partial charge in [-0.1, -0.05) is 38.5 Å². The van der Waals surface area contributed by atoms with Crippen molar-refractivity contribution in [2.45, 2.75) is 181 Å². The van der Waals surface area contributed by atoms with Crippen LogP contribution in [-0.2, 0) is 114 Å². The minimum Gasteiger partial charge on any atom is -0.481 e. The topological polar surface area (TPSA) is 414 Å². The molecule has 1 aromatic carbocycles. The summed E-state index contributed by atoms with van der Waals surface area (Å²) in [4.78, 5) is 147. The lowest BCUT2D eigenvalue weighted by Gasteiger charge is -2.44. The fourth-order valence-electron chi connectivity index (χ4n) is 9.44. The summed E-state index contributed by atoms with van der Waals surface area (Å²) in [6.45, 7) is 8.75. The second-order valence-corrected chi connectivity index (χ2v) is 21.2.